The van der Waals surface area contributed by atoms with E-state index in [2.05, 4.69) is 19.2 Å². The highest BCUT2D eigenvalue weighted by Crippen LogP contribution is 1.90. The van der Waals surface area contributed by atoms with E-state index in [-0.39, 0.29) is 11.8 Å². The van der Waals surface area contributed by atoms with Gasteiger partial charge in [0.15, 0.2) is 0 Å². The van der Waals surface area contributed by atoms with Gasteiger partial charge in [-0.05, 0) is 26.3 Å². The average molecular weight is 143 g/mol. The van der Waals surface area contributed by atoms with Crippen LogP contribution in [0.3, 0.4) is 0 Å². The van der Waals surface area contributed by atoms with Gasteiger partial charge < -0.3 is 5.32 Å². The standard InChI is InChI=1S/C8H17NO/c1-6(2)5-9-7(3)8(4)10/h6-7,9H,5H2,1-4H3/t7-/m0/s1. The second kappa shape index (κ2) is 4.45. The topological polar surface area (TPSA) is 29.1 Å². The fourth-order valence-electron chi connectivity index (χ4n) is 0.556. The number of hydrogen-bond acceptors (Lipinski definition) is 2. The molecule has 0 aliphatic heterocycles. The summed E-state index contributed by atoms with van der Waals surface area (Å²) in [5.41, 5.74) is 0. The Morgan fingerprint density at radius 2 is 1.90 bits per heavy atom. The Morgan fingerprint density at radius 3 is 2.20 bits per heavy atom. The summed E-state index contributed by atoms with van der Waals surface area (Å²) in [7, 11) is 0. The number of ketones is 1. The van der Waals surface area contributed by atoms with Crippen LogP contribution < -0.4 is 5.32 Å². The van der Waals surface area contributed by atoms with Crippen LogP contribution in [0.25, 0.3) is 0 Å². The molecule has 0 amide bonds. The van der Waals surface area contributed by atoms with E-state index in [0.717, 1.165) is 6.54 Å². The third-order valence-corrected chi connectivity index (χ3v) is 1.44. The fourth-order valence-corrected chi connectivity index (χ4v) is 0.556. The molecule has 1 atom stereocenters. The number of Topliss-reactive ketones (excluding diaryl/α,β-unsaturated/α-hetero) is 1. The predicted molar refractivity (Wildman–Crippen MR) is 43.0 cm³/mol. The summed E-state index contributed by atoms with van der Waals surface area (Å²) >= 11 is 0. The van der Waals surface area contributed by atoms with Crippen molar-refractivity contribution in [2.75, 3.05) is 6.54 Å². The van der Waals surface area contributed by atoms with Crippen molar-refractivity contribution in [3.63, 3.8) is 0 Å². The number of hydrogen-bond donors (Lipinski definition) is 1. The van der Waals surface area contributed by atoms with Gasteiger partial charge in [-0.3, -0.25) is 4.79 Å². The maximum absolute atomic E-state index is 10.7. The summed E-state index contributed by atoms with van der Waals surface area (Å²) in [5, 5.41) is 3.13. The summed E-state index contributed by atoms with van der Waals surface area (Å²) in [6.45, 7) is 8.67. The number of rotatable bonds is 4. The lowest BCUT2D eigenvalue weighted by molar-refractivity contribution is -0.118. The van der Waals surface area contributed by atoms with E-state index in [9.17, 15) is 4.79 Å². The monoisotopic (exact) mass is 143 g/mol. The van der Waals surface area contributed by atoms with Gasteiger partial charge in [-0.15, -0.1) is 0 Å². The molecule has 60 valence electrons. The number of carbonyl (C=O) groups is 1. The molecule has 1 N–H and O–H groups in total. The van der Waals surface area contributed by atoms with E-state index >= 15 is 0 Å². The van der Waals surface area contributed by atoms with Crippen LogP contribution in [0, 0.1) is 5.92 Å². The zero-order chi connectivity index (χ0) is 8.15. The van der Waals surface area contributed by atoms with E-state index in [1.165, 1.54) is 0 Å². The number of carbonyl (C=O) groups excluding carboxylic acids is 1. The van der Waals surface area contributed by atoms with Crippen molar-refractivity contribution < 1.29 is 4.79 Å². The smallest absolute Gasteiger partial charge is 0.146 e. The fraction of sp³-hybridized carbons (Fsp3) is 0.875. The van der Waals surface area contributed by atoms with Gasteiger partial charge in [0.05, 0.1) is 6.04 Å². The van der Waals surface area contributed by atoms with Crippen LogP contribution in [-0.2, 0) is 4.79 Å². The molecule has 0 aromatic heterocycles. The van der Waals surface area contributed by atoms with Gasteiger partial charge in [0.25, 0.3) is 0 Å². The Morgan fingerprint density at radius 1 is 1.40 bits per heavy atom. The molecule has 10 heavy (non-hydrogen) atoms. The summed E-state index contributed by atoms with van der Waals surface area (Å²) in [5.74, 6) is 0.822. The van der Waals surface area contributed by atoms with Crippen LogP contribution in [0.1, 0.15) is 27.7 Å². The van der Waals surface area contributed by atoms with Gasteiger partial charge in [0.1, 0.15) is 5.78 Å². The first-order chi connectivity index (χ1) is 4.54. The molecule has 0 aromatic rings. The first kappa shape index (κ1) is 9.63. The first-order valence-corrected chi connectivity index (χ1v) is 3.78. The molecule has 2 nitrogen and oxygen atoms in total. The van der Waals surface area contributed by atoms with Crippen LogP contribution >= 0.6 is 0 Å². The normalized spacial score (nSPS) is 13.7. The van der Waals surface area contributed by atoms with Gasteiger partial charge in [0.2, 0.25) is 0 Å². The molecule has 0 bridgehead atoms. The molecule has 0 aliphatic carbocycles. The minimum atomic E-state index is 0.0161. The van der Waals surface area contributed by atoms with Gasteiger partial charge in [-0.1, -0.05) is 13.8 Å². The largest absolute Gasteiger partial charge is 0.307 e. The lowest BCUT2D eigenvalue weighted by Crippen LogP contribution is -2.34. The molecule has 0 radical (unpaired) electrons. The van der Waals surface area contributed by atoms with Crippen molar-refractivity contribution in [2.24, 2.45) is 5.92 Å². The Hall–Kier alpha value is -0.370. The lowest BCUT2D eigenvalue weighted by atomic mass is 10.2. The van der Waals surface area contributed by atoms with Gasteiger partial charge >= 0.3 is 0 Å². The van der Waals surface area contributed by atoms with E-state index < -0.39 is 0 Å². The van der Waals surface area contributed by atoms with Crippen molar-refractivity contribution in [3.05, 3.63) is 0 Å². The minimum absolute atomic E-state index is 0.0161. The molecule has 2 heteroatoms. The van der Waals surface area contributed by atoms with Crippen molar-refractivity contribution in [1.29, 1.82) is 0 Å². The summed E-state index contributed by atoms with van der Waals surface area (Å²) in [6.07, 6.45) is 0. The highest BCUT2D eigenvalue weighted by molar-refractivity contribution is 5.80. The van der Waals surface area contributed by atoms with E-state index in [1.54, 1.807) is 6.92 Å². The number of nitrogens with one attached hydrogen (secondary N) is 1. The van der Waals surface area contributed by atoms with Gasteiger partial charge in [0, 0.05) is 0 Å². The van der Waals surface area contributed by atoms with Crippen molar-refractivity contribution >= 4 is 5.78 Å². The molecule has 0 aliphatic rings. The second-order valence-corrected chi connectivity index (χ2v) is 3.13. The Balaban J connectivity index is 3.40. The van der Waals surface area contributed by atoms with E-state index in [0.29, 0.717) is 5.92 Å². The van der Waals surface area contributed by atoms with Crippen LogP contribution in [0.5, 0.6) is 0 Å². The van der Waals surface area contributed by atoms with Crippen molar-refractivity contribution in [3.8, 4) is 0 Å². The Bertz CT molecular complexity index is 110. The van der Waals surface area contributed by atoms with Crippen molar-refractivity contribution in [1.82, 2.24) is 5.32 Å². The summed E-state index contributed by atoms with van der Waals surface area (Å²) in [6, 6.07) is 0.0161. The predicted octanol–water partition coefficient (Wildman–Crippen LogP) is 1.21. The summed E-state index contributed by atoms with van der Waals surface area (Å²) in [4.78, 5) is 10.7. The second-order valence-electron chi connectivity index (χ2n) is 3.13. The maximum atomic E-state index is 10.7. The molecule has 0 heterocycles. The van der Waals surface area contributed by atoms with E-state index in [4.69, 9.17) is 0 Å². The van der Waals surface area contributed by atoms with Crippen LogP contribution in [0.2, 0.25) is 0 Å². The van der Waals surface area contributed by atoms with Gasteiger partial charge in [-0.25, -0.2) is 0 Å². The highest BCUT2D eigenvalue weighted by Gasteiger charge is 2.05. The van der Waals surface area contributed by atoms with Crippen LogP contribution in [0.15, 0.2) is 0 Å². The van der Waals surface area contributed by atoms with Crippen LogP contribution in [-0.4, -0.2) is 18.4 Å². The van der Waals surface area contributed by atoms with E-state index in [1.807, 2.05) is 6.92 Å². The molecular formula is C8H17NO. The molecule has 0 spiro atoms. The molecule has 0 fully saturated rings. The Kier molecular flexibility index (Phi) is 4.28. The third-order valence-electron chi connectivity index (χ3n) is 1.44. The molecule has 0 saturated heterocycles. The zero-order valence-electron chi connectivity index (χ0n) is 7.27. The minimum Gasteiger partial charge on any atom is -0.307 e. The molecule has 0 rings (SSSR count). The SMILES string of the molecule is CC(=O)[C@H](C)NCC(C)C. The molecular weight excluding hydrogens is 126 g/mol. The first-order valence-electron chi connectivity index (χ1n) is 3.78. The van der Waals surface area contributed by atoms with Crippen LogP contribution in [0.4, 0.5) is 0 Å². The highest BCUT2D eigenvalue weighted by atomic mass is 16.1. The Labute approximate surface area is 63.0 Å². The molecule has 0 aromatic carbocycles. The third kappa shape index (κ3) is 4.50. The average Bonchev–Trinajstić information content (AvgIpc) is 1.82. The molecule has 0 unspecified atom stereocenters. The maximum Gasteiger partial charge on any atom is 0.146 e. The molecule has 0 saturated carbocycles. The lowest BCUT2D eigenvalue weighted by Gasteiger charge is -2.11. The van der Waals surface area contributed by atoms with Crippen molar-refractivity contribution in [2.45, 2.75) is 33.7 Å². The van der Waals surface area contributed by atoms with Gasteiger partial charge in [-0.2, -0.15) is 0 Å². The summed E-state index contributed by atoms with van der Waals surface area (Å²) < 4.78 is 0. The zero-order valence-corrected chi connectivity index (χ0v) is 7.27. The quantitative estimate of drug-likeness (QED) is 0.641.